The van der Waals surface area contributed by atoms with Crippen LogP contribution in [0, 0.1) is 0 Å². The molecule has 1 heterocycles. The molecule has 3 aromatic rings. The van der Waals surface area contributed by atoms with E-state index in [0.717, 1.165) is 5.52 Å². The molecule has 0 saturated heterocycles. The summed E-state index contributed by atoms with van der Waals surface area (Å²) in [5.41, 5.74) is -1.65. The fraction of sp³-hybridized carbons (Fsp3) is 0.409. The Morgan fingerprint density at radius 2 is 1.90 bits per heavy atom. The second kappa shape index (κ2) is 6.63. The van der Waals surface area contributed by atoms with Crippen molar-refractivity contribution < 1.29 is 23.0 Å². The van der Waals surface area contributed by atoms with Gasteiger partial charge in [-0.25, -0.2) is 0 Å². The van der Waals surface area contributed by atoms with Gasteiger partial charge in [0.15, 0.2) is 5.60 Å². The third kappa shape index (κ3) is 2.93. The molecule has 0 spiro atoms. The van der Waals surface area contributed by atoms with Gasteiger partial charge in [-0.05, 0) is 35.6 Å². The molecule has 160 valence electrons. The Morgan fingerprint density at radius 3 is 2.57 bits per heavy atom. The number of methoxy groups -OCH3 is 1. The number of anilines is 1. The lowest BCUT2D eigenvalue weighted by molar-refractivity contribution is -0.275. The van der Waals surface area contributed by atoms with Crippen LogP contribution in [0.3, 0.4) is 0 Å². The third-order valence-electron chi connectivity index (χ3n) is 6.04. The van der Waals surface area contributed by atoms with E-state index in [1.54, 1.807) is 62.1 Å². The Labute approximate surface area is 172 Å². The van der Waals surface area contributed by atoms with Crippen molar-refractivity contribution in [3.63, 3.8) is 0 Å². The van der Waals surface area contributed by atoms with E-state index in [4.69, 9.17) is 4.74 Å². The van der Waals surface area contributed by atoms with Crippen LogP contribution in [0.5, 0.6) is 5.75 Å². The number of alkyl halides is 3. The highest BCUT2D eigenvalue weighted by Gasteiger charge is 2.64. The van der Waals surface area contributed by atoms with E-state index >= 15 is 0 Å². The maximum atomic E-state index is 14.3. The van der Waals surface area contributed by atoms with Crippen molar-refractivity contribution in [2.24, 2.45) is 7.05 Å². The molecule has 30 heavy (non-hydrogen) atoms. The van der Waals surface area contributed by atoms with Gasteiger partial charge in [-0.2, -0.15) is 18.3 Å². The Kier molecular flexibility index (Phi) is 4.54. The zero-order valence-electron chi connectivity index (χ0n) is 17.2. The lowest BCUT2D eigenvalue weighted by atomic mass is 9.63. The van der Waals surface area contributed by atoms with Gasteiger partial charge < -0.3 is 15.2 Å². The van der Waals surface area contributed by atoms with Crippen LogP contribution in [0.15, 0.2) is 42.6 Å². The number of halogens is 3. The number of hydrogen-bond acceptors (Lipinski definition) is 4. The van der Waals surface area contributed by atoms with Crippen LogP contribution in [-0.4, -0.2) is 33.8 Å². The van der Waals surface area contributed by atoms with Crippen molar-refractivity contribution in [1.82, 2.24) is 9.78 Å². The van der Waals surface area contributed by atoms with Crippen LogP contribution >= 0.6 is 0 Å². The minimum absolute atomic E-state index is 0.367. The highest BCUT2D eigenvalue weighted by atomic mass is 19.4. The molecule has 0 amide bonds. The van der Waals surface area contributed by atoms with E-state index in [1.165, 1.54) is 7.11 Å². The number of hydrogen-bond donors (Lipinski definition) is 2. The molecule has 1 aliphatic carbocycles. The van der Waals surface area contributed by atoms with E-state index in [0.29, 0.717) is 28.0 Å². The van der Waals surface area contributed by atoms with Crippen molar-refractivity contribution in [2.75, 3.05) is 12.4 Å². The second-order valence-electron chi connectivity index (χ2n) is 8.49. The lowest BCUT2D eigenvalue weighted by Gasteiger charge is -2.49. The summed E-state index contributed by atoms with van der Waals surface area (Å²) < 4.78 is 50.0. The number of aromatic nitrogens is 2. The zero-order valence-corrected chi connectivity index (χ0v) is 17.2. The Hall–Kier alpha value is -2.74. The SMILES string of the molecule is COc1cccc2c1C(C)(C)CC(O)(C(F)(F)F)C2Nc1cccc2c1cnn2C. The topological polar surface area (TPSA) is 59.3 Å². The summed E-state index contributed by atoms with van der Waals surface area (Å²) in [6.45, 7) is 3.40. The maximum Gasteiger partial charge on any atom is 0.419 e. The summed E-state index contributed by atoms with van der Waals surface area (Å²) in [5.74, 6) is 0.508. The van der Waals surface area contributed by atoms with Crippen molar-refractivity contribution in [1.29, 1.82) is 0 Å². The van der Waals surface area contributed by atoms with Gasteiger partial charge in [0.2, 0.25) is 0 Å². The van der Waals surface area contributed by atoms with Crippen LogP contribution in [0.1, 0.15) is 37.4 Å². The number of nitrogens with zero attached hydrogens (tertiary/aromatic N) is 2. The average Bonchev–Trinajstić information content (AvgIpc) is 3.05. The molecule has 2 aromatic carbocycles. The summed E-state index contributed by atoms with van der Waals surface area (Å²) in [6, 6.07) is 8.87. The second-order valence-corrected chi connectivity index (χ2v) is 8.49. The van der Waals surface area contributed by atoms with Gasteiger partial charge in [-0.3, -0.25) is 4.68 Å². The van der Waals surface area contributed by atoms with Crippen molar-refractivity contribution >= 4 is 16.6 Å². The fourth-order valence-electron chi connectivity index (χ4n) is 4.72. The van der Waals surface area contributed by atoms with Crippen molar-refractivity contribution in [3.05, 3.63) is 53.7 Å². The summed E-state index contributed by atoms with van der Waals surface area (Å²) >= 11 is 0. The Balaban J connectivity index is 1.94. The molecule has 1 aliphatic rings. The highest BCUT2D eigenvalue weighted by Crippen LogP contribution is 2.56. The molecule has 0 radical (unpaired) electrons. The number of nitrogens with one attached hydrogen (secondary N) is 1. The van der Waals surface area contributed by atoms with Gasteiger partial charge in [0.25, 0.3) is 0 Å². The molecule has 2 N–H and O–H groups in total. The van der Waals surface area contributed by atoms with E-state index < -0.39 is 29.7 Å². The van der Waals surface area contributed by atoms with Crippen LogP contribution in [0.4, 0.5) is 18.9 Å². The zero-order chi connectivity index (χ0) is 21.9. The lowest BCUT2D eigenvalue weighted by Crippen LogP contribution is -2.58. The average molecular weight is 419 g/mol. The minimum atomic E-state index is -4.84. The molecule has 0 bridgehead atoms. The molecular weight excluding hydrogens is 395 g/mol. The summed E-state index contributed by atoms with van der Waals surface area (Å²) in [5, 5.41) is 19.0. The molecular formula is C22H24F3N3O2. The van der Waals surface area contributed by atoms with Gasteiger partial charge in [-0.1, -0.05) is 32.0 Å². The van der Waals surface area contributed by atoms with Crippen molar-refractivity contribution in [3.8, 4) is 5.75 Å². The standard InChI is InChI=1S/C22H24F3N3O2/c1-20(2)12-21(29,22(23,24)25)19(13-7-5-10-17(30-4)18(13)20)27-15-8-6-9-16-14(15)11-26-28(16)3/h5-11,19,27,29H,12H2,1-4H3. The monoisotopic (exact) mass is 419 g/mol. The Morgan fingerprint density at radius 1 is 1.20 bits per heavy atom. The van der Waals surface area contributed by atoms with Crippen LogP contribution in [-0.2, 0) is 12.5 Å². The first-order chi connectivity index (χ1) is 14.0. The number of ether oxygens (including phenoxy) is 1. The number of fused-ring (bicyclic) bond motifs is 2. The van der Waals surface area contributed by atoms with Gasteiger partial charge in [-0.15, -0.1) is 0 Å². The fourth-order valence-corrected chi connectivity index (χ4v) is 4.72. The molecule has 5 nitrogen and oxygen atoms in total. The predicted octanol–water partition coefficient (Wildman–Crippen LogP) is 4.71. The number of benzene rings is 2. The quantitative estimate of drug-likeness (QED) is 0.646. The summed E-state index contributed by atoms with van der Waals surface area (Å²) in [7, 11) is 3.26. The molecule has 8 heteroatoms. The molecule has 0 aliphatic heterocycles. The molecule has 0 fully saturated rings. The molecule has 2 unspecified atom stereocenters. The molecule has 2 atom stereocenters. The van der Waals surface area contributed by atoms with Crippen LogP contribution in [0.2, 0.25) is 0 Å². The van der Waals surface area contributed by atoms with Gasteiger partial charge in [0.05, 0.1) is 24.9 Å². The first-order valence-electron chi connectivity index (χ1n) is 9.63. The molecule has 0 saturated carbocycles. The van der Waals surface area contributed by atoms with E-state index in [1.807, 2.05) is 6.07 Å². The maximum absolute atomic E-state index is 14.3. The minimum Gasteiger partial charge on any atom is -0.496 e. The smallest absolute Gasteiger partial charge is 0.419 e. The first-order valence-corrected chi connectivity index (χ1v) is 9.63. The van der Waals surface area contributed by atoms with E-state index in [-0.39, 0.29) is 0 Å². The van der Waals surface area contributed by atoms with E-state index in [2.05, 4.69) is 10.4 Å². The van der Waals surface area contributed by atoms with Crippen LogP contribution < -0.4 is 10.1 Å². The van der Waals surface area contributed by atoms with Gasteiger partial charge >= 0.3 is 6.18 Å². The summed E-state index contributed by atoms with van der Waals surface area (Å²) in [4.78, 5) is 0. The highest BCUT2D eigenvalue weighted by molar-refractivity contribution is 5.91. The van der Waals surface area contributed by atoms with Gasteiger partial charge in [0, 0.05) is 23.7 Å². The largest absolute Gasteiger partial charge is 0.496 e. The van der Waals surface area contributed by atoms with Crippen molar-refractivity contribution in [2.45, 2.75) is 43.5 Å². The third-order valence-corrected chi connectivity index (χ3v) is 6.04. The first kappa shape index (κ1) is 20.5. The van der Waals surface area contributed by atoms with Crippen LogP contribution in [0.25, 0.3) is 10.9 Å². The number of aryl methyl sites for hydroxylation is 1. The van der Waals surface area contributed by atoms with E-state index in [9.17, 15) is 18.3 Å². The normalized spacial score (nSPS) is 23.3. The Bertz CT molecular complexity index is 1110. The van der Waals surface area contributed by atoms with Gasteiger partial charge in [0.1, 0.15) is 5.75 Å². The number of aliphatic hydroxyl groups is 1. The predicted molar refractivity (Wildman–Crippen MR) is 109 cm³/mol. The molecule has 4 rings (SSSR count). The molecule has 1 aromatic heterocycles. The summed E-state index contributed by atoms with van der Waals surface area (Å²) in [6.07, 6.45) is -3.74. The number of rotatable bonds is 3.